The lowest BCUT2D eigenvalue weighted by Crippen LogP contribution is -2.11. The maximum atomic E-state index is 5.86. The van der Waals surface area contributed by atoms with Crippen LogP contribution < -0.4 is 4.74 Å². The summed E-state index contributed by atoms with van der Waals surface area (Å²) >= 11 is 9.25. The molecule has 0 aliphatic heterocycles. The molecular weight excluding hydrogens is 332 g/mol. The van der Waals surface area contributed by atoms with Gasteiger partial charge in [-0.15, -0.1) is 0 Å². The number of halogens is 2. The van der Waals surface area contributed by atoms with Crippen molar-refractivity contribution >= 4 is 27.5 Å². The van der Waals surface area contributed by atoms with Crippen LogP contribution in [0.1, 0.15) is 32.5 Å². The average molecular weight is 346 g/mol. The number of rotatable bonds is 3. The van der Waals surface area contributed by atoms with E-state index in [0.29, 0.717) is 22.5 Å². The van der Waals surface area contributed by atoms with Crippen LogP contribution in [0.4, 0.5) is 0 Å². The molecule has 1 aromatic carbocycles. The maximum absolute atomic E-state index is 5.86. The summed E-state index contributed by atoms with van der Waals surface area (Å²) in [6, 6.07) is 5.32. The van der Waals surface area contributed by atoms with Gasteiger partial charge in [0.05, 0.1) is 4.47 Å². The van der Waals surface area contributed by atoms with E-state index in [4.69, 9.17) is 20.9 Å². The predicted octanol–water partition coefficient (Wildman–Crippen LogP) is 4.36. The topological polar surface area (TPSA) is 48.2 Å². The average Bonchev–Trinajstić information content (AvgIpc) is 2.76. The van der Waals surface area contributed by atoms with E-state index in [1.807, 2.05) is 20.8 Å². The molecular formula is C13H14BrClN2O2. The number of nitrogens with zero attached hydrogens (tertiary/aromatic N) is 2. The zero-order chi connectivity index (χ0) is 14.0. The summed E-state index contributed by atoms with van der Waals surface area (Å²) in [4.78, 5) is 4.30. The van der Waals surface area contributed by atoms with Crippen molar-refractivity contribution in [3.05, 3.63) is 39.4 Å². The molecule has 2 rings (SSSR count). The molecule has 0 saturated carbocycles. The normalized spacial score (nSPS) is 11.6. The first kappa shape index (κ1) is 14.3. The fraction of sp³-hybridized carbons (Fsp3) is 0.385. The van der Waals surface area contributed by atoms with Crippen molar-refractivity contribution in [2.75, 3.05) is 0 Å². The van der Waals surface area contributed by atoms with Crippen molar-refractivity contribution in [2.45, 2.75) is 32.8 Å². The Morgan fingerprint density at radius 2 is 2.11 bits per heavy atom. The first-order valence-electron chi connectivity index (χ1n) is 5.77. The van der Waals surface area contributed by atoms with E-state index in [2.05, 4.69) is 26.1 Å². The van der Waals surface area contributed by atoms with E-state index >= 15 is 0 Å². The fourth-order valence-electron chi connectivity index (χ4n) is 1.35. The van der Waals surface area contributed by atoms with E-state index < -0.39 is 0 Å². The van der Waals surface area contributed by atoms with Crippen LogP contribution >= 0.6 is 27.5 Å². The number of ether oxygens (including phenoxy) is 1. The van der Waals surface area contributed by atoms with Crippen molar-refractivity contribution in [2.24, 2.45) is 0 Å². The number of aromatic nitrogens is 2. The molecule has 0 unspecified atom stereocenters. The van der Waals surface area contributed by atoms with Crippen molar-refractivity contribution in [1.29, 1.82) is 0 Å². The second kappa shape index (κ2) is 5.51. The van der Waals surface area contributed by atoms with Gasteiger partial charge in [-0.25, -0.2) is 0 Å². The number of hydrogen-bond acceptors (Lipinski definition) is 4. The summed E-state index contributed by atoms with van der Waals surface area (Å²) in [5.74, 6) is 1.81. The monoisotopic (exact) mass is 344 g/mol. The third kappa shape index (κ3) is 3.70. The molecule has 0 spiro atoms. The molecule has 4 nitrogen and oxygen atoms in total. The Bertz CT molecular complexity index is 578. The van der Waals surface area contributed by atoms with Crippen LogP contribution in [0, 0.1) is 0 Å². The molecule has 0 aliphatic carbocycles. The number of benzene rings is 1. The summed E-state index contributed by atoms with van der Waals surface area (Å²) in [6.07, 6.45) is 0. The predicted molar refractivity (Wildman–Crippen MR) is 76.5 cm³/mol. The Morgan fingerprint density at radius 3 is 2.68 bits per heavy atom. The zero-order valence-electron chi connectivity index (χ0n) is 10.9. The molecule has 0 aliphatic rings. The van der Waals surface area contributed by atoms with Crippen LogP contribution in [-0.2, 0) is 12.0 Å². The Balaban J connectivity index is 2.04. The molecule has 0 saturated heterocycles. The van der Waals surface area contributed by atoms with Gasteiger partial charge in [-0.1, -0.05) is 37.5 Å². The van der Waals surface area contributed by atoms with Crippen molar-refractivity contribution in [1.82, 2.24) is 10.1 Å². The van der Waals surface area contributed by atoms with Gasteiger partial charge >= 0.3 is 0 Å². The van der Waals surface area contributed by atoms with E-state index in [0.717, 1.165) is 4.47 Å². The summed E-state index contributed by atoms with van der Waals surface area (Å²) in [7, 11) is 0. The highest BCUT2D eigenvalue weighted by atomic mass is 79.9. The molecule has 6 heteroatoms. The van der Waals surface area contributed by atoms with Gasteiger partial charge in [-0.3, -0.25) is 0 Å². The smallest absolute Gasteiger partial charge is 0.232 e. The summed E-state index contributed by atoms with van der Waals surface area (Å²) in [6.45, 7) is 6.29. The molecule has 1 heterocycles. The minimum Gasteiger partial charge on any atom is -0.484 e. The van der Waals surface area contributed by atoms with E-state index in [1.165, 1.54) is 0 Å². The van der Waals surface area contributed by atoms with Crippen LogP contribution in [-0.4, -0.2) is 10.1 Å². The standard InChI is InChI=1S/C13H14BrClN2O2/c1-13(2,3)12-16-11(17-19-12)7-18-10-5-4-8(15)6-9(10)14/h4-6H,7H2,1-3H3. The van der Waals surface area contributed by atoms with Gasteiger partial charge in [0.15, 0.2) is 6.61 Å². The minimum atomic E-state index is -0.161. The number of hydrogen-bond donors (Lipinski definition) is 0. The van der Waals surface area contributed by atoms with Crippen molar-refractivity contribution in [3.63, 3.8) is 0 Å². The Kier molecular flexibility index (Phi) is 4.16. The fourth-order valence-corrected chi connectivity index (χ4v) is 2.15. The molecule has 0 N–H and O–H groups in total. The van der Waals surface area contributed by atoms with Gasteiger partial charge in [0.2, 0.25) is 11.7 Å². The molecule has 2 aromatic rings. The second-order valence-electron chi connectivity index (χ2n) is 5.13. The molecule has 102 valence electrons. The molecule has 0 amide bonds. The zero-order valence-corrected chi connectivity index (χ0v) is 13.2. The van der Waals surface area contributed by atoms with E-state index in [1.54, 1.807) is 18.2 Å². The SMILES string of the molecule is CC(C)(C)c1nc(COc2ccc(Cl)cc2Br)no1. The van der Waals surface area contributed by atoms with E-state index in [9.17, 15) is 0 Å². The maximum Gasteiger partial charge on any atom is 0.232 e. The van der Waals surface area contributed by atoms with Gasteiger partial charge in [0, 0.05) is 10.4 Å². The van der Waals surface area contributed by atoms with Gasteiger partial charge < -0.3 is 9.26 Å². The van der Waals surface area contributed by atoms with Gasteiger partial charge in [0.25, 0.3) is 0 Å². The molecule has 0 fully saturated rings. The summed E-state index contributed by atoms with van der Waals surface area (Å²) in [5, 5.41) is 4.54. The molecule has 1 aromatic heterocycles. The highest BCUT2D eigenvalue weighted by molar-refractivity contribution is 9.10. The first-order valence-corrected chi connectivity index (χ1v) is 6.94. The largest absolute Gasteiger partial charge is 0.484 e. The van der Waals surface area contributed by atoms with Crippen LogP contribution in [0.2, 0.25) is 5.02 Å². The lowest BCUT2D eigenvalue weighted by molar-refractivity contribution is 0.279. The minimum absolute atomic E-state index is 0.161. The summed E-state index contributed by atoms with van der Waals surface area (Å²) < 4.78 is 11.6. The van der Waals surface area contributed by atoms with Crippen LogP contribution in [0.25, 0.3) is 0 Å². The molecule has 19 heavy (non-hydrogen) atoms. The van der Waals surface area contributed by atoms with Gasteiger partial charge in [-0.05, 0) is 34.1 Å². The van der Waals surface area contributed by atoms with Crippen molar-refractivity contribution in [3.8, 4) is 5.75 Å². The summed E-state index contributed by atoms with van der Waals surface area (Å²) in [5.41, 5.74) is -0.161. The van der Waals surface area contributed by atoms with Crippen LogP contribution in [0.15, 0.2) is 27.2 Å². The Morgan fingerprint density at radius 1 is 1.37 bits per heavy atom. The molecule has 0 bridgehead atoms. The van der Waals surface area contributed by atoms with Gasteiger partial charge in [-0.2, -0.15) is 4.98 Å². The van der Waals surface area contributed by atoms with E-state index in [-0.39, 0.29) is 12.0 Å². The lowest BCUT2D eigenvalue weighted by atomic mass is 9.97. The molecule has 0 radical (unpaired) electrons. The van der Waals surface area contributed by atoms with Crippen LogP contribution in [0.5, 0.6) is 5.75 Å². The van der Waals surface area contributed by atoms with Crippen molar-refractivity contribution < 1.29 is 9.26 Å². The molecule has 0 atom stereocenters. The highest BCUT2D eigenvalue weighted by Crippen LogP contribution is 2.28. The Labute approximate surface area is 125 Å². The van der Waals surface area contributed by atoms with Gasteiger partial charge in [0.1, 0.15) is 5.75 Å². The quantitative estimate of drug-likeness (QED) is 0.829. The lowest BCUT2D eigenvalue weighted by Gasteiger charge is -2.10. The third-order valence-corrected chi connectivity index (χ3v) is 3.22. The van der Waals surface area contributed by atoms with Crippen LogP contribution in [0.3, 0.4) is 0 Å². The highest BCUT2D eigenvalue weighted by Gasteiger charge is 2.21. The third-order valence-electron chi connectivity index (χ3n) is 2.36. The Hall–Kier alpha value is -1.07. The second-order valence-corrected chi connectivity index (χ2v) is 6.42. The first-order chi connectivity index (χ1) is 8.86.